The first kappa shape index (κ1) is 35.6. The number of hydrogen-bond acceptors (Lipinski definition) is 10. The Kier molecular flexibility index (Phi) is 11.5. The molecule has 3 amide bonds. The van der Waals surface area contributed by atoms with Crippen LogP contribution in [0.3, 0.4) is 0 Å². The van der Waals surface area contributed by atoms with Gasteiger partial charge >= 0.3 is 0 Å². The molecule has 2 saturated heterocycles. The number of ketones is 2. The van der Waals surface area contributed by atoms with E-state index in [1.54, 1.807) is 6.92 Å². The fourth-order valence-electron chi connectivity index (χ4n) is 7.25. The van der Waals surface area contributed by atoms with E-state index in [4.69, 9.17) is 9.47 Å². The zero-order valence-corrected chi connectivity index (χ0v) is 29.3. The SMILES string of the molecule is CC1=NC(CC(=O)N[C@H](C(=O)C[C@@H](CC2C=CC=CC2)C(=O)N[C@@H](C[C@@H]2CCNC2=O)C(=O)c2nc3ccccc3s2)C2CCOC2)C(C)O1. The van der Waals surface area contributed by atoms with Gasteiger partial charge < -0.3 is 25.4 Å². The summed E-state index contributed by atoms with van der Waals surface area (Å²) in [7, 11) is 0. The van der Waals surface area contributed by atoms with Gasteiger partial charge in [0.05, 0.1) is 41.4 Å². The highest BCUT2D eigenvalue weighted by atomic mass is 32.1. The molecule has 1 aromatic carbocycles. The highest BCUT2D eigenvalue weighted by Gasteiger charge is 2.39. The molecule has 4 heterocycles. The number of hydrogen-bond donors (Lipinski definition) is 3. The molecule has 50 heavy (non-hydrogen) atoms. The van der Waals surface area contributed by atoms with Crippen LogP contribution in [0.4, 0.5) is 0 Å². The van der Waals surface area contributed by atoms with Gasteiger partial charge in [-0.25, -0.2) is 9.98 Å². The number of rotatable bonds is 15. The Balaban J connectivity index is 1.21. The first-order valence-electron chi connectivity index (χ1n) is 17.6. The molecule has 6 rings (SSSR count). The van der Waals surface area contributed by atoms with Crippen molar-refractivity contribution in [3.63, 3.8) is 0 Å². The van der Waals surface area contributed by atoms with Crippen molar-refractivity contribution >= 4 is 56.7 Å². The summed E-state index contributed by atoms with van der Waals surface area (Å²) in [4.78, 5) is 77.3. The topological polar surface area (TPSA) is 165 Å². The third-order valence-corrected chi connectivity index (χ3v) is 11.1. The van der Waals surface area contributed by atoms with Gasteiger partial charge in [0.25, 0.3) is 0 Å². The second-order valence-electron chi connectivity index (χ2n) is 13.7. The Labute approximate surface area is 295 Å². The summed E-state index contributed by atoms with van der Waals surface area (Å²) in [5.41, 5.74) is 0.686. The second kappa shape index (κ2) is 16.2. The molecule has 12 nitrogen and oxygen atoms in total. The standard InChI is InChI=1S/C37H45N5O7S/c1-21-28(39-22(2)49-21)19-32(44)42-33(25-13-15-48-20-25)30(43)18-26(16-23-8-4-3-5-9-23)36(47)40-29(17-24-12-14-38-35(24)46)34(45)37-41-27-10-6-7-11-31(27)50-37/h3-8,10-11,21,23-26,28-29,33H,9,12-20H2,1-2H3,(H,38,46)(H,40,47)(H,42,44)/t21?,23?,24-,25?,26+,28?,29-,33-/m0/s1. The Morgan fingerprint density at radius 2 is 1.94 bits per heavy atom. The normalized spacial score (nSPS) is 26.2. The smallest absolute Gasteiger partial charge is 0.224 e. The van der Waals surface area contributed by atoms with E-state index in [1.807, 2.05) is 55.5 Å². The maximum absolute atomic E-state index is 14.3. The fraction of sp³-hybridized carbons (Fsp3) is 0.541. The molecule has 0 saturated carbocycles. The van der Waals surface area contributed by atoms with Gasteiger partial charge in [-0.15, -0.1) is 11.3 Å². The summed E-state index contributed by atoms with van der Waals surface area (Å²) in [6.07, 6.45) is 9.99. The lowest BCUT2D eigenvalue weighted by atomic mass is 9.83. The zero-order chi connectivity index (χ0) is 35.2. The summed E-state index contributed by atoms with van der Waals surface area (Å²) < 4.78 is 12.1. The number of allylic oxidation sites excluding steroid dienone is 4. The quantitative estimate of drug-likeness (QED) is 0.236. The molecule has 2 fully saturated rings. The number of Topliss-reactive ketones (excluding diaryl/α,β-unsaturated/α-hetero) is 2. The van der Waals surface area contributed by atoms with Crippen LogP contribution in [0.1, 0.15) is 68.6 Å². The molecule has 1 aromatic heterocycles. The number of ether oxygens (including phenoxy) is 2. The highest BCUT2D eigenvalue weighted by molar-refractivity contribution is 7.20. The van der Waals surface area contributed by atoms with Gasteiger partial charge in [0.1, 0.15) is 6.10 Å². The van der Waals surface area contributed by atoms with Gasteiger partial charge in [-0.3, -0.25) is 24.0 Å². The van der Waals surface area contributed by atoms with E-state index in [0.29, 0.717) is 56.9 Å². The van der Waals surface area contributed by atoms with Crippen LogP contribution in [0.5, 0.6) is 0 Å². The summed E-state index contributed by atoms with van der Waals surface area (Å²) in [6, 6.07) is 5.25. The molecule has 8 atom stereocenters. The van der Waals surface area contributed by atoms with Crippen molar-refractivity contribution in [2.75, 3.05) is 19.8 Å². The van der Waals surface area contributed by atoms with Crippen molar-refractivity contribution in [1.82, 2.24) is 20.9 Å². The van der Waals surface area contributed by atoms with Crippen molar-refractivity contribution in [3.05, 3.63) is 53.6 Å². The van der Waals surface area contributed by atoms with Crippen molar-refractivity contribution in [1.29, 1.82) is 0 Å². The molecular formula is C37H45N5O7S. The molecule has 4 unspecified atom stereocenters. The van der Waals surface area contributed by atoms with E-state index in [1.165, 1.54) is 11.3 Å². The molecule has 266 valence electrons. The molecule has 2 aromatic rings. The molecule has 4 aliphatic rings. The predicted molar refractivity (Wildman–Crippen MR) is 189 cm³/mol. The summed E-state index contributed by atoms with van der Waals surface area (Å²) in [6.45, 7) is 4.92. The Hall–Kier alpha value is -4.23. The van der Waals surface area contributed by atoms with Crippen molar-refractivity contribution in [2.45, 2.75) is 83.0 Å². The first-order valence-corrected chi connectivity index (χ1v) is 18.4. The van der Waals surface area contributed by atoms with Crippen LogP contribution in [0, 0.1) is 23.7 Å². The Morgan fingerprint density at radius 3 is 2.62 bits per heavy atom. The van der Waals surface area contributed by atoms with Crippen LogP contribution in [-0.2, 0) is 28.7 Å². The number of nitrogens with zero attached hydrogens (tertiary/aromatic N) is 2. The van der Waals surface area contributed by atoms with Crippen molar-refractivity contribution in [2.24, 2.45) is 28.7 Å². The maximum Gasteiger partial charge on any atom is 0.224 e. The molecular weight excluding hydrogens is 659 g/mol. The number of nitrogens with one attached hydrogen (secondary N) is 3. The number of carbonyl (C=O) groups excluding carboxylic acids is 5. The summed E-state index contributed by atoms with van der Waals surface area (Å²) >= 11 is 1.25. The average Bonchev–Trinajstić information content (AvgIpc) is 3.92. The van der Waals surface area contributed by atoms with Gasteiger partial charge in [0.2, 0.25) is 23.5 Å². The number of fused-ring (bicyclic) bond motifs is 1. The lowest BCUT2D eigenvalue weighted by Gasteiger charge is -2.28. The second-order valence-corrected chi connectivity index (χ2v) is 14.8. The van der Waals surface area contributed by atoms with Crippen molar-refractivity contribution < 1.29 is 33.4 Å². The highest BCUT2D eigenvalue weighted by Crippen LogP contribution is 2.29. The van der Waals surface area contributed by atoms with Gasteiger partial charge in [0, 0.05) is 44.2 Å². The minimum absolute atomic E-state index is 0.00961. The minimum Gasteiger partial charge on any atom is -0.476 e. The molecule has 0 radical (unpaired) electrons. The van der Waals surface area contributed by atoms with Crippen LogP contribution in [0.25, 0.3) is 10.2 Å². The molecule has 0 spiro atoms. The van der Waals surface area contributed by atoms with E-state index in [9.17, 15) is 24.0 Å². The summed E-state index contributed by atoms with van der Waals surface area (Å²) in [5.74, 6) is -2.44. The molecule has 1 aliphatic carbocycles. The van der Waals surface area contributed by atoms with E-state index < -0.39 is 29.8 Å². The zero-order valence-electron chi connectivity index (χ0n) is 28.5. The Morgan fingerprint density at radius 1 is 1.10 bits per heavy atom. The number of para-hydroxylation sites is 1. The van der Waals surface area contributed by atoms with Crippen molar-refractivity contribution in [3.8, 4) is 0 Å². The number of aromatic nitrogens is 1. The van der Waals surface area contributed by atoms with Crippen LogP contribution in [-0.4, -0.2) is 84.2 Å². The van der Waals surface area contributed by atoms with E-state index in [2.05, 4.69) is 25.9 Å². The number of carbonyl (C=O) groups is 5. The lowest BCUT2D eigenvalue weighted by Crippen LogP contribution is -2.49. The predicted octanol–water partition coefficient (Wildman–Crippen LogP) is 3.70. The van der Waals surface area contributed by atoms with Gasteiger partial charge in [-0.1, -0.05) is 36.4 Å². The largest absolute Gasteiger partial charge is 0.476 e. The van der Waals surface area contributed by atoms with E-state index >= 15 is 0 Å². The number of aliphatic imine (C=N–C) groups is 1. The maximum atomic E-state index is 14.3. The lowest BCUT2D eigenvalue weighted by molar-refractivity contribution is -0.133. The van der Waals surface area contributed by atoms with Gasteiger partial charge in [0.15, 0.2) is 16.7 Å². The summed E-state index contributed by atoms with van der Waals surface area (Å²) in [5, 5.41) is 9.01. The van der Waals surface area contributed by atoms with E-state index in [0.717, 1.165) is 4.70 Å². The first-order chi connectivity index (χ1) is 24.1. The van der Waals surface area contributed by atoms with Crippen LogP contribution in [0.2, 0.25) is 0 Å². The molecule has 13 heteroatoms. The van der Waals surface area contributed by atoms with Crippen LogP contribution < -0.4 is 16.0 Å². The van der Waals surface area contributed by atoms with Crippen LogP contribution >= 0.6 is 11.3 Å². The average molecular weight is 704 g/mol. The monoisotopic (exact) mass is 703 g/mol. The van der Waals surface area contributed by atoms with Gasteiger partial charge in [-0.2, -0.15) is 0 Å². The number of thiazole rings is 1. The molecule has 3 aliphatic heterocycles. The molecule has 3 N–H and O–H groups in total. The minimum atomic E-state index is -1.00. The number of amides is 3. The van der Waals surface area contributed by atoms with E-state index in [-0.39, 0.29) is 71.6 Å². The van der Waals surface area contributed by atoms with Crippen LogP contribution in [0.15, 0.2) is 53.6 Å². The van der Waals surface area contributed by atoms with Gasteiger partial charge in [-0.05, 0) is 57.1 Å². The number of benzene rings is 1. The fourth-order valence-corrected chi connectivity index (χ4v) is 8.21. The Bertz CT molecular complexity index is 1660. The molecule has 0 bridgehead atoms. The third kappa shape index (κ3) is 8.73. The third-order valence-electron chi connectivity index (χ3n) is 10.0.